The van der Waals surface area contributed by atoms with Crippen LogP contribution in [0.1, 0.15) is 12.0 Å². The van der Waals surface area contributed by atoms with Gasteiger partial charge in [-0.3, -0.25) is 4.79 Å². The average molecular weight is 514 g/mol. The van der Waals surface area contributed by atoms with Crippen LogP contribution in [0.5, 0.6) is 11.5 Å². The molecule has 1 saturated heterocycles. The Hall–Kier alpha value is -4.19. The van der Waals surface area contributed by atoms with Crippen molar-refractivity contribution in [1.82, 2.24) is 19.9 Å². The summed E-state index contributed by atoms with van der Waals surface area (Å²) in [7, 11) is 1.65. The number of benzene rings is 2. The van der Waals surface area contributed by atoms with Crippen LogP contribution in [0.2, 0.25) is 0 Å². The van der Waals surface area contributed by atoms with E-state index in [0.29, 0.717) is 47.0 Å². The van der Waals surface area contributed by atoms with Crippen molar-refractivity contribution in [2.75, 3.05) is 23.7 Å². The van der Waals surface area contributed by atoms with Gasteiger partial charge < -0.3 is 25.3 Å². The number of anilines is 3. The summed E-state index contributed by atoms with van der Waals surface area (Å²) in [6.45, 7) is 1.43. The summed E-state index contributed by atoms with van der Waals surface area (Å²) in [6, 6.07) is 10.4. The summed E-state index contributed by atoms with van der Waals surface area (Å²) in [5, 5.41) is 8.59. The van der Waals surface area contributed by atoms with Gasteiger partial charge in [-0.15, -0.1) is 0 Å². The summed E-state index contributed by atoms with van der Waals surface area (Å²) in [6.07, 6.45) is -2.32. The molecule has 2 aromatic heterocycles. The zero-order valence-electron chi connectivity index (χ0n) is 19.6. The van der Waals surface area contributed by atoms with Crippen molar-refractivity contribution in [2.45, 2.75) is 12.6 Å². The number of hydrogen-bond acceptors (Lipinski definition) is 6. The molecule has 1 fully saturated rings. The lowest BCUT2D eigenvalue weighted by molar-refractivity contribution is -0.137. The molecule has 1 amide bonds. The molecule has 0 saturated carbocycles. The minimum Gasteiger partial charge on any atom is -0.457 e. The van der Waals surface area contributed by atoms with Crippen LogP contribution in [0.25, 0.3) is 11.0 Å². The highest BCUT2D eigenvalue weighted by atomic mass is 19.4. The smallest absolute Gasteiger partial charge is 0.416 e. The first-order chi connectivity index (χ1) is 17.7. The van der Waals surface area contributed by atoms with Gasteiger partial charge in [-0.25, -0.2) is 14.4 Å². The van der Waals surface area contributed by atoms with E-state index in [2.05, 4.69) is 25.9 Å². The Kier molecular flexibility index (Phi) is 6.42. The van der Waals surface area contributed by atoms with E-state index in [4.69, 9.17) is 4.74 Å². The maximum absolute atomic E-state index is 14.2. The van der Waals surface area contributed by atoms with Gasteiger partial charge in [0.2, 0.25) is 11.9 Å². The van der Waals surface area contributed by atoms with E-state index in [9.17, 15) is 22.4 Å². The summed E-state index contributed by atoms with van der Waals surface area (Å²) in [4.78, 5) is 20.9. The van der Waals surface area contributed by atoms with E-state index in [-0.39, 0.29) is 23.5 Å². The van der Waals surface area contributed by atoms with Gasteiger partial charge in [-0.05, 0) is 49.4 Å². The number of alkyl halides is 3. The average Bonchev–Trinajstić information content (AvgIpc) is 3.49. The van der Waals surface area contributed by atoms with Crippen molar-refractivity contribution in [3.8, 4) is 11.5 Å². The molecule has 37 heavy (non-hydrogen) atoms. The SMILES string of the molecule is Cn1c(Nc2cc(C(F)(F)F)ccc2F)nc2cc(Oc3ccnc(NC(=O)C4CCNC4)c3)ccc21. The number of carbonyl (C=O) groups excluding carboxylic acids is 1. The quantitative estimate of drug-likeness (QED) is 0.306. The number of nitrogens with one attached hydrogen (secondary N) is 3. The monoisotopic (exact) mass is 514 g/mol. The molecule has 0 spiro atoms. The Bertz CT molecular complexity index is 1460. The van der Waals surface area contributed by atoms with Crippen LogP contribution in [0.4, 0.5) is 35.0 Å². The third-order valence-electron chi connectivity index (χ3n) is 6.04. The Morgan fingerprint density at radius 2 is 1.95 bits per heavy atom. The number of rotatable bonds is 6. The van der Waals surface area contributed by atoms with Gasteiger partial charge in [0.25, 0.3) is 0 Å². The van der Waals surface area contributed by atoms with Crippen LogP contribution < -0.4 is 20.7 Å². The molecule has 3 N–H and O–H groups in total. The number of fused-ring (bicyclic) bond motifs is 1. The summed E-state index contributed by atoms with van der Waals surface area (Å²) in [5.74, 6) is 0.338. The lowest BCUT2D eigenvalue weighted by atomic mass is 10.1. The Balaban J connectivity index is 1.34. The number of aryl methyl sites for hydroxylation is 1. The standard InChI is InChI=1S/C25H22F4N6O2/c1-35-21-5-3-16(37-17-7-9-31-22(12-17)34-23(36)14-6-8-30-13-14)11-20(21)33-24(35)32-19-10-15(25(27,28)29)2-4-18(19)26/h2-5,7,9-12,14,30H,6,8,13H2,1H3,(H,32,33)(H,31,34,36). The molecule has 3 heterocycles. The molecule has 1 aliphatic heterocycles. The number of pyridine rings is 1. The summed E-state index contributed by atoms with van der Waals surface area (Å²) >= 11 is 0. The van der Waals surface area contributed by atoms with Gasteiger partial charge in [-0.2, -0.15) is 13.2 Å². The molecule has 192 valence electrons. The molecule has 8 nitrogen and oxygen atoms in total. The van der Waals surface area contributed by atoms with Crippen molar-refractivity contribution >= 4 is 34.4 Å². The number of nitrogens with zero attached hydrogens (tertiary/aromatic N) is 3. The Labute approximate surface area is 208 Å². The second-order valence-corrected chi connectivity index (χ2v) is 8.62. The van der Waals surface area contributed by atoms with Crippen molar-refractivity contribution < 1.29 is 27.1 Å². The molecule has 1 aliphatic rings. The van der Waals surface area contributed by atoms with Gasteiger partial charge in [0, 0.05) is 31.9 Å². The van der Waals surface area contributed by atoms with Crippen LogP contribution in [-0.2, 0) is 18.0 Å². The minimum absolute atomic E-state index is 0.106. The maximum atomic E-state index is 14.2. The van der Waals surface area contributed by atoms with Crippen LogP contribution >= 0.6 is 0 Å². The van der Waals surface area contributed by atoms with Crippen molar-refractivity contribution in [3.63, 3.8) is 0 Å². The van der Waals surface area contributed by atoms with Gasteiger partial charge >= 0.3 is 6.18 Å². The van der Waals surface area contributed by atoms with Crippen LogP contribution in [0.3, 0.4) is 0 Å². The van der Waals surface area contributed by atoms with Crippen LogP contribution in [-0.4, -0.2) is 33.5 Å². The molecule has 0 aliphatic carbocycles. The largest absolute Gasteiger partial charge is 0.457 e. The topological polar surface area (TPSA) is 93.1 Å². The first-order valence-electron chi connectivity index (χ1n) is 11.4. The van der Waals surface area contributed by atoms with Crippen LogP contribution in [0, 0.1) is 11.7 Å². The van der Waals surface area contributed by atoms with Gasteiger partial charge in [-0.1, -0.05) is 0 Å². The van der Waals surface area contributed by atoms with Crippen molar-refractivity contribution in [2.24, 2.45) is 13.0 Å². The molecule has 1 atom stereocenters. The molecule has 4 aromatic rings. The molecular weight excluding hydrogens is 492 g/mol. The highest BCUT2D eigenvalue weighted by molar-refractivity contribution is 5.92. The van der Waals surface area contributed by atoms with E-state index in [1.807, 2.05) is 0 Å². The number of hydrogen-bond donors (Lipinski definition) is 3. The number of aromatic nitrogens is 3. The maximum Gasteiger partial charge on any atom is 0.416 e. The molecule has 1 unspecified atom stereocenters. The molecule has 5 rings (SSSR count). The van der Waals surface area contributed by atoms with Gasteiger partial charge in [0.05, 0.1) is 28.2 Å². The number of amides is 1. The Morgan fingerprint density at radius 1 is 1.14 bits per heavy atom. The van der Waals surface area contributed by atoms with Gasteiger partial charge in [0.15, 0.2) is 0 Å². The predicted molar refractivity (Wildman–Crippen MR) is 129 cm³/mol. The van der Waals surface area contributed by atoms with Crippen molar-refractivity contribution in [3.05, 3.63) is 66.1 Å². The highest BCUT2D eigenvalue weighted by Gasteiger charge is 2.31. The third kappa shape index (κ3) is 5.33. The molecule has 0 bridgehead atoms. The highest BCUT2D eigenvalue weighted by Crippen LogP contribution is 2.34. The lowest BCUT2D eigenvalue weighted by Gasteiger charge is -2.11. The lowest BCUT2D eigenvalue weighted by Crippen LogP contribution is -2.25. The molecule has 12 heteroatoms. The van der Waals surface area contributed by atoms with Crippen molar-refractivity contribution in [1.29, 1.82) is 0 Å². The van der Waals surface area contributed by atoms with E-state index in [1.165, 1.54) is 6.20 Å². The number of ether oxygens (including phenoxy) is 1. The predicted octanol–water partition coefficient (Wildman–Crippen LogP) is 5.21. The van der Waals surface area contributed by atoms with E-state index < -0.39 is 17.6 Å². The fourth-order valence-electron chi connectivity index (χ4n) is 4.06. The second-order valence-electron chi connectivity index (χ2n) is 8.62. The summed E-state index contributed by atoms with van der Waals surface area (Å²) in [5.41, 5.74) is -0.190. The summed E-state index contributed by atoms with van der Waals surface area (Å²) < 4.78 is 60.9. The first-order valence-corrected chi connectivity index (χ1v) is 11.4. The third-order valence-corrected chi connectivity index (χ3v) is 6.04. The number of halogens is 4. The van der Waals surface area contributed by atoms with Gasteiger partial charge in [0.1, 0.15) is 23.1 Å². The van der Waals surface area contributed by atoms with E-state index in [0.717, 1.165) is 19.0 Å². The number of imidazole rings is 1. The zero-order chi connectivity index (χ0) is 26.2. The second kappa shape index (κ2) is 9.69. The normalized spacial score (nSPS) is 15.6. The zero-order valence-corrected chi connectivity index (χ0v) is 19.6. The molecular formula is C25H22F4N6O2. The fourth-order valence-corrected chi connectivity index (χ4v) is 4.06. The molecule has 0 radical (unpaired) electrons. The molecule has 2 aromatic carbocycles. The number of carbonyl (C=O) groups is 1. The van der Waals surface area contributed by atoms with E-state index in [1.54, 1.807) is 41.9 Å². The Morgan fingerprint density at radius 3 is 2.70 bits per heavy atom. The minimum atomic E-state index is -4.61. The van der Waals surface area contributed by atoms with Crippen LogP contribution in [0.15, 0.2) is 54.7 Å². The first kappa shape index (κ1) is 24.5. The fraction of sp³-hybridized carbons (Fsp3) is 0.240. The van der Waals surface area contributed by atoms with E-state index >= 15 is 0 Å².